The maximum absolute atomic E-state index is 10.5. The van der Waals surface area contributed by atoms with E-state index >= 15 is 0 Å². The van der Waals surface area contributed by atoms with Gasteiger partial charge in [-0.15, -0.1) is 0 Å². The van der Waals surface area contributed by atoms with E-state index in [0.717, 1.165) is 0 Å². The van der Waals surface area contributed by atoms with Crippen molar-refractivity contribution in [2.75, 3.05) is 24.1 Å². The van der Waals surface area contributed by atoms with Gasteiger partial charge < -0.3 is 0 Å². The van der Waals surface area contributed by atoms with Crippen LogP contribution < -0.4 is 5.30 Å². The monoisotopic (exact) mass is 268 g/mol. The molecule has 0 aliphatic rings. The Labute approximate surface area is 99.9 Å². The Morgan fingerprint density at radius 2 is 1.40 bits per heavy atom. The van der Waals surface area contributed by atoms with Crippen molar-refractivity contribution in [3.8, 4) is 0 Å². The van der Waals surface area contributed by atoms with Crippen LogP contribution in [0.2, 0.25) is 0 Å². The molecule has 0 atom stereocenters. The van der Waals surface area contributed by atoms with Gasteiger partial charge in [0.1, 0.15) is 0 Å². The van der Waals surface area contributed by atoms with Crippen molar-refractivity contribution in [1.82, 2.24) is 0 Å². The average Bonchev–Trinajstić information content (AvgIpc) is 2.19. The molecule has 0 aliphatic carbocycles. The van der Waals surface area contributed by atoms with E-state index in [4.69, 9.17) is 23.2 Å². The Morgan fingerprint density at radius 3 is 1.80 bits per heavy atom. The fraction of sp³-hybridized carbons (Fsp3) is 0.400. The summed E-state index contributed by atoms with van der Waals surface area (Å²) in [6, 6.07) is 8.84. The molecule has 0 heterocycles. The first kappa shape index (κ1) is 13.2. The molecule has 1 aromatic carbocycles. The molecule has 2 nitrogen and oxygen atoms in total. The average molecular weight is 269 g/mol. The molecule has 0 unspecified atom stereocenters. The van der Waals surface area contributed by atoms with Crippen LogP contribution >= 0.6 is 30.3 Å². The summed E-state index contributed by atoms with van der Waals surface area (Å²) in [7, 11) is -3.87. The van der Waals surface area contributed by atoms with Crippen LogP contribution in [0.3, 0.4) is 0 Å². The van der Waals surface area contributed by atoms with Crippen LogP contribution in [-0.4, -0.2) is 33.9 Å². The molecule has 1 rings (SSSR count). The quantitative estimate of drug-likeness (QED) is 0.635. The second kappa shape index (κ2) is 4.99. The predicted octanol–water partition coefficient (Wildman–Crippen LogP) is 2.16. The fourth-order valence-electron chi connectivity index (χ4n) is 1.50. The Morgan fingerprint density at radius 1 is 0.933 bits per heavy atom. The second-order valence-electron chi connectivity index (χ2n) is 3.56. The Hall–Kier alpha value is 0.150. The van der Waals surface area contributed by atoms with E-state index in [9.17, 15) is 9.79 Å². The minimum absolute atomic E-state index is 0.184. The number of rotatable bonds is 5. The molecular weight excluding hydrogens is 254 g/mol. The molecule has 0 aliphatic heterocycles. The van der Waals surface area contributed by atoms with E-state index in [1.807, 2.05) is 6.07 Å². The molecule has 0 saturated carbocycles. The number of benzene rings is 1. The molecule has 0 amide bonds. The summed E-state index contributed by atoms with van der Waals surface area (Å²) >= 11 is 11.3. The van der Waals surface area contributed by atoms with Crippen molar-refractivity contribution in [2.45, 2.75) is 0 Å². The third-order valence-electron chi connectivity index (χ3n) is 2.46. The Bertz CT molecular complexity index is 306. The summed E-state index contributed by atoms with van der Waals surface area (Å²) in [5.74, 6) is 0.438. The van der Waals surface area contributed by atoms with Crippen molar-refractivity contribution in [3.05, 3.63) is 30.3 Å². The predicted molar refractivity (Wildman–Crippen MR) is 68.6 cm³/mol. The zero-order chi connectivity index (χ0) is 11.4. The zero-order valence-corrected chi connectivity index (χ0v) is 10.7. The number of hydrogen-bond acceptors (Lipinski definition) is 2. The van der Waals surface area contributed by atoms with E-state index in [1.54, 1.807) is 24.3 Å². The van der Waals surface area contributed by atoms with Crippen molar-refractivity contribution in [3.63, 3.8) is 0 Å². The van der Waals surface area contributed by atoms with Crippen LogP contribution in [0.4, 0.5) is 0 Å². The van der Waals surface area contributed by atoms with Crippen molar-refractivity contribution < 1.29 is 9.79 Å². The van der Waals surface area contributed by atoms with Crippen LogP contribution in [0.5, 0.6) is 0 Å². The van der Waals surface area contributed by atoms with Crippen LogP contribution in [0.25, 0.3) is 0 Å². The first-order valence-electron chi connectivity index (χ1n) is 4.70. The summed E-state index contributed by atoms with van der Waals surface area (Å²) in [6.07, 6.45) is 0.369. The molecule has 2 N–H and O–H groups in total. The molecular formula is C10H15Cl2O2P. The van der Waals surface area contributed by atoms with Gasteiger partial charge in [0.05, 0.1) is 0 Å². The van der Waals surface area contributed by atoms with Crippen LogP contribution in [-0.2, 0) is 0 Å². The van der Waals surface area contributed by atoms with Gasteiger partial charge in [0.15, 0.2) is 0 Å². The first-order valence-corrected chi connectivity index (χ1v) is 8.28. The second-order valence-corrected chi connectivity index (χ2v) is 8.51. The summed E-state index contributed by atoms with van der Waals surface area (Å²) in [5, 5.41) is 0.560. The van der Waals surface area contributed by atoms with E-state index in [1.165, 1.54) is 0 Å². The molecule has 0 fully saturated rings. The van der Waals surface area contributed by atoms with Gasteiger partial charge in [-0.3, -0.25) is 0 Å². The molecule has 86 valence electrons. The van der Waals surface area contributed by atoms with Gasteiger partial charge in [0, 0.05) is 0 Å². The number of halogens is 2. The Kier molecular flexibility index (Phi) is 4.39. The van der Waals surface area contributed by atoms with Gasteiger partial charge in [0.2, 0.25) is 0 Å². The molecule has 5 heteroatoms. The molecule has 0 radical (unpaired) electrons. The number of alkyl halides is 2. The number of hydrogen-bond donors (Lipinski definition) is 2. The van der Waals surface area contributed by atoms with Gasteiger partial charge in [-0.05, 0) is 0 Å². The zero-order valence-electron chi connectivity index (χ0n) is 8.31. The van der Waals surface area contributed by atoms with Crippen LogP contribution in [0.15, 0.2) is 30.3 Å². The molecule has 0 spiro atoms. The maximum atomic E-state index is 10.5. The van der Waals surface area contributed by atoms with Crippen molar-refractivity contribution in [1.29, 1.82) is 0 Å². The molecule has 1 aromatic rings. The minimum atomic E-state index is -3.87. The van der Waals surface area contributed by atoms with Crippen LogP contribution in [0, 0.1) is 0 Å². The van der Waals surface area contributed by atoms with Gasteiger partial charge in [-0.1, -0.05) is 0 Å². The van der Waals surface area contributed by atoms with E-state index < -0.39 is 7.06 Å². The van der Waals surface area contributed by atoms with Crippen LogP contribution in [0.1, 0.15) is 0 Å². The molecule has 15 heavy (non-hydrogen) atoms. The molecule has 0 bridgehead atoms. The third-order valence-corrected chi connectivity index (χ3v) is 7.18. The van der Waals surface area contributed by atoms with E-state index in [2.05, 4.69) is 0 Å². The van der Waals surface area contributed by atoms with Gasteiger partial charge in [-0.2, -0.15) is 0 Å². The first-order chi connectivity index (χ1) is 7.02. The summed E-state index contributed by atoms with van der Waals surface area (Å²) in [6.45, 7) is 0. The summed E-state index contributed by atoms with van der Waals surface area (Å²) in [5.41, 5.74) is 0. The third kappa shape index (κ3) is 3.05. The van der Waals surface area contributed by atoms with Crippen molar-refractivity contribution >= 4 is 35.6 Å². The summed E-state index contributed by atoms with van der Waals surface area (Å²) < 4.78 is 0. The normalized spacial score (nSPS) is 14.5. The SMILES string of the molecule is OP(O)(CCCl)(CCCl)c1ccccc1. The van der Waals surface area contributed by atoms with Gasteiger partial charge >= 0.3 is 99.8 Å². The Balaban J connectivity index is 3.11. The molecule has 0 saturated heterocycles. The van der Waals surface area contributed by atoms with E-state index in [-0.39, 0.29) is 24.1 Å². The van der Waals surface area contributed by atoms with Gasteiger partial charge in [0.25, 0.3) is 0 Å². The fourth-order valence-corrected chi connectivity index (χ4v) is 5.94. The van der Waals surface area contributed by atoms with E-state index in [0.29, 0.717) is 5.30 Å². The summed E-state index contributed by atoms with van der Waals surface area (Å²) in [4.78, 5) is 20.9. The standard InChI is InChI=1S/C10H15Cl2O2P/c11-6-8-15(13,14,9-7-12)10-4-2-1-3-5-10/h1-5,13-14H,6-9H2. The van der Waals surface area contributed by atoms with Crippen molar-refractivity contribution in [2.24, 2.45) is 0 Å². The topological polar surface area (TPSA) is 40.5 Å². The molecule has 0 aromatic heterocycles. The van der Waals surface area contributed by atoms with Gasteiger partial charge in [-0.25, -0.2) is 0 Å².